The Kier molecular flexibility index (Phi) is 2.68. The van der Waals surface area contributed by atoms with Crippen molar-refractivity contribution in [2.24, 2.45) is 0 Å². The van der Waals surface area contributed by atoms with Gasteiger partial charge in [0.2, 0.25) is 0 Å². The van der Waals surface area contributed by atoms with E-state index >= 15 is 0 Å². The van der Waals surface area contributed by atoms with E-state index in [1.165, 1.54) is 21.9 Å². The molecule has 0 saturated heterocycles. The molecule has 0 unspecified atom stereocenters. The summed E-state index contributed by atoms with van der Waals surface area (Å²) >= 11 is 6.13. The molecular formula is C18H14ClN. The second-order valence-electron chi connectivity index (χ2n) is 5.23. The van der Waals surface area contributed by atoms with Gasteiger partial charge in [0.15, 0.2) is 0 Å². The second kappa shape index (κ2) is 4.53. The highest BCUT2D eigenvalue weighted by Crippen LogP contribution is 2.31. The maximum atomic E-state index is 6.13. The van der Waals surface area contributed by atoms with E-state index in [0.29, 0.717) is 0 Å². The molecule has 0 bridgehead atoms. The van der Waals surface area contributed by atoms with E-state index in [0.717, 1.165) is 28.9 Å². The molecule has 98 valence electrons. The predicted molar refractivity (Wildman–Crippen MR) is 87.2 cm³/mol. The van der Waals surface area contributed by atoms with Crippen LogP contribution in [0.5, 0.6) is 0 Å². The lowest BCUT2D eigenvalue weighted by atomic mass is 9.96. The monoisotopic (exact) mass is 279 g/mol. The van der Waals surface area contributed by atoms with Crippen molar-refractivity contribution in [3.05, 3.63) is 65.2 Å². The summed E-state index contributed by atoms with van der Waals surface area (Å²) in [6.07, 6.45) is 8.82. The average Bonchev–Trinajstić information content (AvgIpc) is 2.85. The number of nitrogens with one attached hydrogen (secondary N) is 1. The number of allylic oxidation sites excluding steroid dienone is 4. The number of hydrogen-bond donors (Lipinski definition) is 1. The Morgan fingerprint density at radius 3 is 2.55 bits per heavy atom. The van der Waals surface area contributed by atoms with Crippen LogP contribution >= 0.6 is 11.6 Å². The first-order chi connectivity index (χ1) is 9.81. The van der Waals surface area contributed by atoms with Gasteiger partial charge in [0.05, 0.1) is 0 Å². The molecule has 1 heterocycles. The SMILES string of the molecule is Clc1ccc2[nH]c3ccc(C4=CC=CCC4)cc3c2c1. The molecule has 1 aromatic heterocycles. The van der Waals surface area contributed by atoms with Gasteiger partial charge in [-0.15, -0.1) is 0 Å². The highest BCUT2D eigenvalue weighted by atomic mass is 35.5. The minimum Gasteiger partial charge on any atom is -0.355 e. The molecule has 1 aliphatic carbocycles. The zero-order chi connectivity index (χ0) is 13.5. The number of benzene rings is 2. The maximum Gasteiger partial charge on any atom is 0.0465 e. The smallest absolute Gasteiger partial charge is 0.0465 e. The molecule has 4 rings (SSSR count). The molecule has 0 atom stereocenters. The standard InChI is InChI=1S/C18H14ClN/c19-14-7-9-18-16(11-14)15-10-13(6-8-17(15)20-18)12-4-2-1-3-5-12/h1-2,4,6-11,20H,3,5H2. The van der Waals surface area contributed by atoms with Gasteiger partial charge in [-0.25, -0.2) is 0 Å². The molecule has 1 N–H and O–H groups in total. The topological polar surface area (TPSA) is 15.8 Å². The second-order valence-corrected chi connectivity index (χ2v) is 5.67. The van der Waals surface area contributed by atoms with Crippen LogP contribution in [-0.4, -0.2) is 4.98 Å². The van der Waals surface area contributed by atoms with Gasteiger partial charge in [-0.3, -0.25) is 0 Å². The van der Waals surface area contributed by atoms with Crippen LogP contribution in [0.3, 0.4) is 0 Å². The summed E-state index contributed by atoms with van der Waals surface area (Å²) in [6, 6.07) is 12.6. The van der Waals surface area contributed by atoms with Crippen LogP contribution in [0.25, 0.3) is 27.4 Å². The number of aromatic nitrogens is 1. The Hall–Kier alpha value is -1.99. The summed E-state index contributed by atoms with van der Waals surface area (Å²) in [7, 11) is 0. The Balaban J connectivity index is 1.97. The van der Waals surface area contributed by atoms with E-state index in [-0.39, 0.29) is 0 Å². The van der Waals surface area contributed by atoms with Crippen molar-refractivity contribution in [1.82, 2.24) is 4.98 Å². The molecule has 0 radical (unpaired) electrons. The molecule has 3 aromatic rings. The van der Waals surface area contributed by atoms with Crippen molar-refractivity contribution in [2.75, 3.05) is 0 Å². The molecule has 2 heteroatoms. The van der Waals surface area contributed by atoms with Crippen molar-refractivity contribution >= 4 is 39.0 Å². The predicted octanol–water partition coefficient (Wildman–Crippen LogP) is 5.71. The zero-order valence-corrected chi connectivity index (χ0v) is 11.7. The molecule has 0 amide bonds. The number of halogens is 1. The number of H-pyrrole nitrogens is 1. The van der Waals surface area contributed by atoms with Crippen LogP contribution in [-0.2, 0) is 0 Å². The fourth-order valence-electron chi connectivity index (χ4n) is 2.91. The first-order valence-electron chi connectivity index (χ1n) is 6.88. The van der Waals surface area contributed by atoms with Crippen LogP contribution < -0.4 is 0 Å². The lowest BCUT2D eigenvalue weighted by Crippen LogP contribution is -1.87. The summed E-state index contributed by atoms with van der Waals surface area (Å²) in [6.45, 7) is 0. The normalized spacial score (nSPS) is 14.9. The molecule has 0 saturated carbocycles. The lowest BCUT2D eigenvalue weighted by Gasteiger charge is -2.09. The van der Waals surface area contributed by atoms with Gasteiger partial charge in [-0.1, -0.05) is 35.9 Å². The van der Waals surface area contributed by atoms with Gasteiger partial charge in [0.1, 0.15) is 0 Å². The summed E-state index contributed by atoms with van der Waals surface area (Å²) in [4.78, 5) is 3.44. The van der Waals surface area contributed by atoms with Gasteiger partial charge in [0, 0.05) is 26.8 Å². The van der Waals surface area contributed by atoms with Crippen molar-refractivity contribution < 1.29 is 0 Å². The first-order valence-corrected chi connectivity index (χ1v) is 7.26. The molecule has 0 aliphatic heterocycles. The van der Waals surface area contributed by atoms with E-state index in [1.807, 2.05) is 18.2 Å². The molecule has 2 aromatic carbocycles. The van der Waals surface area contributed by atoms with Gasteiger partial charge in [0.25, 0.3) is 0 Å². The highest BCUT2D eigenvalue weighted by Gasteiger charge is 2.08. The van der Waals surface area contributed by atoms with E-state index < -0.39 is 0 Å². The summed E-state index contributed by atoms with van der Waals surface area (Å²) < 4.78 is 0. The first kappa shape index (κ1) is 11.8. The highest BCUT2D eigenvalue weighted by molar-refractivity contribution is 6.31. The van der Waals surface area contributed by atoms with Crippen LogP contribution in [0.1, 0.15) is 18.4 Å². The van der Waals surface area contributed by atoms with Crippen LogP contribution in [0.2, 0.25) is 5.02 Å². The Bertz CT molecular complexity index is 868. The minimum atomic E-state index is 0.781. The van der Waals surface area contributed by atoms with Crippen LogP contribution in [0.4, 0.5) is 0 Å². The molecular weight excluding hydrogens is 266 g/mol. The molecule has 1 aliphatic rings. The Morgan fingerprint density at radius 1 is 0.950 bits per heavy atom. The average molecular weight is 280 g/mol. The zero-order valence-electron chi connectivity index (χ0n) is 11.0. The van der Waals surface area contributed by atoms with E-state index in [9.17, 15) is 0 Å². The van der Waals surface area contributed by atoms with Crippen molar-refractivity contribution in [3.63, 3.8) is 0 Å². The molecule has 1 nitrogen and oxygen atoms in total. The number of hydrogen-bond acceptors (Lipinski definition) is 0. The summed E-state index contributed by atoms with van der Waals surface area (Å²) in [5.74, 6) is 0. The lowest BCUT2D eigenvalue weighted by molar-refractivity contribution is 1.05. The number of aromatic amines is 1. The molecule has 20 heavy (non-hydrogen) atoms. The summed E-state index contributed by atoms with van der Waals surface area (Å²) in [5.41, 5.74) is 5.02. The van der Waals surface area contributed by atoms with Crippen molar-refractivity contribution in [3.8, 4) is 0 Å². The quantitative estimate of drug-likeness (QED) is 0.587. The fourth-order valence-corrected chi connectivity index (χ4v) is 3.08. The third-order valence-corrected chi connectivity index (χ3v) is 4.18. The third kappa shape index (κ3) is 1.86. The maximum absolute atomic E-state index is 6.13. The van der Waals surface area contributed by atoms with Crippen LogP contribution in [0, 0.1) is 0 Å². The third-order valence-electron chi connectivity index (χ3n) is 3.95. The summed E-state index contributed by atoms with van der Waals surface area (Å²) in [5, 5.41) is 3.22. The van der Waals surface area contributed by atoms with Gasteiger partial charge in [-0.05, 0) is 54.3 Å². The van der Waals surface area contributed by atoms with Crippen molar-refractivity contribution in [1.29, 1.82) is 0 Å². The molecule has 0 fully saturated rings. The minimum absolute atomic E-state index is 0.781. The Labute approximate surface area is 122 Å². The van der Waals surface area contributed by atoms with Crippen molar-refractivity contribution in [2.45, 2.75) is 12.8 Å². The van der Waals surface area contributed by atoms with E-state index in [4.69, 9.17) is 11.6 Å². The van der Waals surface area contributed by atoms with Gasteiger partial charge >= 0.3 is 0 Å². The van der Waals surface area contributed by atoms with E-state index in [2.05, 4.69) is 41.4 Å². The molecule has 0 spiro atoms. The van der Waals surface area contributed by atoms with Gasteiger partial charge < -0.3 is 4.98 Å². The largest absolute Gasteiger partial charge is 0.355 e. The number of rotatable bonds is 1. The number of fused-ring (bicyclic) bond motifs is 3. The van der Waals surface area contributed by atoms with E-state index in [1.54, 1.807) is 0 Å². The Morgan fingerprint density at radius 2 is 1.75 bits per heavy atom. The van der Waals surface area contributed by atoms with Crippen LogP contribution in [0.15, 0.2) is 54.6 Å². The van der Waals surface area contributed by atoms with Gasteiger partial charge in [-0.2, -0.15) is 0 Å². The fraction of sp³-hybridized carbons (Fsp3) is 0.111.